The van der Waals surface area contributed by atoms with Crippen LogP contribution >= 0.6 is 0 Å². The highest BCUT2D eigenvalue weighted by Crippen LogP contribution is 2.15. The molecule has 2 rings (SSSR count). The van der Waals surface area contributed by atoms with Crippen molar-refractivity contribution in [3.63, 3.8) is 0 Å². The van der Waals surface area contributed by atoms with E-state index in [2.05, 4.69) is 5.32 Å². The number of sulfonamides is 1. The van der Waals surface area contributed by atoms with Crippen molar-refractivity contribution in [2.24, 2.45) is 0 Å². The van der Waals surface area contributed by atoms with Gasteiger partial charge >= 0.3 is 0 Å². The van der Waals surface area contributed by atoms with Gasteiger partial charge in [-0.05, 0) is 32.1 Å². The summed E-state index contributed by atoms with van der Waals surface area (Å²) >= 11 is 0. The lowest BCUT2D eigenvalue weighted by Crippen LogP contribution is -2.46. The molecular formula is C12H24N2O3S. The van der Waals surface area contributed by atoms with E-state index in [0.29, 0.717) is 25.2 Å². The van der Waals surface area contributed by atoms with Crippen molar-refractivity contribution >= 4 is 10.0 Å². The van der Waals surface area contributed by atoms with Gasteiger partial charge in [-0.25, -0.2) is 12.7 Å². The Hall–Kier alpha value is -0.170. The SMILES string of the molecule is CS(=O)(=O)N1CCC(NCC2CCCCO2)CC1. The molecule has 0 bridgehead atoms. The predicted octanol–water partition coefficient (Wildman–Crippen LogP) is 0.569. The number of rotatable bonds is 4. The second-order valence-electron chi connectivity index (χ2n) is 5.33. The molecule has 1 unspecified atom stereocenters. The van der Waals surface area contributed by atoms with Gasteiger partial charge in [0.15, 0.2) is 0 Å². The summed E-state index contributed by atoms with van der Waals surface area (Å²) in [5.74, 6) is 0. The van der Waals surface area contributed by atoms with Gasteiger partial charge in [0.05, 0.1) is 12.4 Å². The van der Waals surface area contributed by atoms with Crippen LogP contribution in [0.4, 0.5) is 0 Å². The van der Waals surface area contributed by atoms with Crippen molar-refractivity contribution in [2.75, 3.05) is 32.5 Å². The van der Waals surface area contributed by atoms with E-state index in [1.807, 2.05) is 0 Å². The van der Waals surface area contributed by atoms with Gasteiger partial charge in [-0.2, -0.15) is 0 Å². The maximum Gasteiger partial charge on any atom is 0.211 e. The van der Waals surface area contributed by atoms with Crippen LogP contribution in [-0.2, 0) is 14.8 Å². The van der Waals surface area contributed by atoms with Crippen LogP contribution in [0.1, 0.15) is 32.1 Å². The molecule has 0 radical (unpaired) electrons. The largest absolute Gasteiger partial charge is 0.377 e. The number of hydrogen-bond donors (Lipinski definition) is 1. The molecule has 0 aromatic rings. The smallest absolute Gasteiger partial charge is 0.211 e. The predicted molar refractivity (Wildman–Crippen MR) is 71.0 cm³/mol. The molecule has 0 aliphatic carbocycles. The van der Waals surface area contributed by atoms with Crippen LogP contribution in [-0.4, -0.2) is 57.4 Å². The van der Waals surface area contributed by atoms with E-state index in [0.717, 1.165) is 32.4 Å². The summed E-state index contributed by atoms with van der Waals surface area (Å²) in [6.07, 6.45) is 7.04. The van der Waals surface area contributed by atoms with E-state index in [1.54, 1.807) is 4.31 Å². The maximum absolute atomic E-state index is 11.4. The fourth-order valence-electron chi connectivity index (χ4n) is 2.66. The lowest BCUT2D eigenvalue weighted by atomic mass is 10.1. The fraction of sp³-hybridized carbons (Fsp3) is 1.00. The van der Waals surface area contributed by atoms with Gasteiger partial charge in [0.25, 0.3) is 0 Å². The zero-order chi connectivity index (χ0) is 13.0. The summed E-state index contributed by atoms with van der Waals surface area (Å²) < 4.78 is 30.0. The first kappa shape index (κ1) is 14.2. The van der Waals surface area contributed by atoms with Crippen LogP contribution in [0.3, 0.4) is 0 Å². The van der Waals surface area contributed by atoms with Gasteiger partial charge in [0.2, 0.25) is 10.0 Å². The van der Waals surface area contributed by atoms with Crippen LogP contribution in [0, 0.1) is 0 Å². The second-order valence-corrected chi connectivity index (χ2v) is 7.32. The summed E-state index contributed by atoms with van der Waals surface area (Å²) in [6, 6.07) is 0.438. The highest BCUT2D eigenvalue weighted by molar-refractivity contribution is 7.88. The molecular weight excluding hydrogens is 252 g/mol. The van der Waals surface area contributed by atoms with Crippen LogP contribution in [0.5, 0.6) is 0 Å². The summed E-state index contributed by atoms with van der Waals surface area (Å²) in [5.41, 5.74) is 0. The van der Waals surface area contributed by atoms with E-state index in [-0.39, 0.29) is 0 Å². The minimum Gasteiger partial charge on any atom is -0.377 e. The van der Waals surface area contributed by atoms with Gasteiger partial charge in [-0.15, -0.1) is 0 Å². The fourth-order valence-corrected chi connectivity index (χ4v) is 3.53. The number of piperidine rings is 1. The van der Waals surface area contributed by atoms with Crippen LogP contribution in [0.25, 0.3) is 0 Å². The zero-order valence-corrected chi connectivity index (χ0v) is 11.9. The van der Waals surface area contributed by atoms with Crippen LogP contribution in [0.15, 0.2) is 0 Å². The molecule has 106 valence electrons. The summed E-state index contributed by atoms with van der Waals surface area (Å²) in [5, 5.41) is 3.52. The molecule has 2 aliphatic heterocycles. The molecule has 18 heavy (non-hydrogen) atoms. The minimum atomic E-state index is -3.00. The first-order valence-corrected chi connectivity index (χ1v) is 8.70. The van der Waals surface area contributed by atoms with E-state index in [4.69, 9.17) is 4.74 Å². The van der Waals surface area contributed by atoms with E-state index < -0.39 is 10.0 Å². The molecule has 0 amide bonds. The van der Waals surface area contributed by atoms with E-state index in [9.17, 15) is 8.42 Å². The van der Waals surface area contributed by atoms with Gasteiger partial charge in [0, 0.05) is 32.3 Å². The Labute approximate surface area is 110 Å². The monoisotopic (exact) mass is 276 g/mol. The van der Waals surface area contributed by atoms with Crippen LogP contribution < -0.4 is 5.32 Å². The normalized spacial score (nSPS) is 28.4. The Balaban J connectivity index is 1.67. The van der Waals surface area contributed by atoms with Gasteiger partial charge in [0.1, 0.15) is 0 Å². The van der Waals surface area contributed by atoms with Gasteiger partial charge in [-0.3, -0.25) is 0 Å². The average Bonchev–Trinajstić information content (AvgIpc) is 2.37. The average molecular weight is 276 g/mol. The molecule has 2 heterocycles. The quantitative estimate of drug-likeness (QED) is 0.815. The Bertz CT molecular complexity index is 344. The number of nitrogens with one attached hydrogen (secondary N) is 1. The second kappa shape index (κ2) is 6.32. The van der Waals surface area contributed by atoms with Crippen molar-refractivity contribution in [3.8, 4) is 0 Å². The number of hydrogen-bond acceptors (Lipinski definition) is 4. The zero-order valence-electron chi connectivity index (χ0n) is 11.1. The lowest BCUT2D eigenvalue weighted by molar-refractivity contribution is 0.0144. The highest BCUT2D eigenvalue weighted by atomic mass is 32.2. The van der Waals surface area contributed by atoms with Crippen molar-refractivity contribution in [3.05, 3.63) is 0 Å². The molecule has 5 nitrogen and oxygen atoms in total. The highest BCUT2D eigenvalue weighted by Gasteiger charge is 2.25. The van der Waals surface area contributed by atoms with Crippen molar-refractivity contribution < 1.29 is 13.2 Å². The summed E-state index contributed by atoms with van der Waals surface area (Å²) in [4.78, 5) is 0. The Morgan fingerprint density at radius 3 is 2.50 bits per heavy atom. The first-order valence-electron chi connectivity index (χ1n) is 6.86. The van der Waals surface area contributed by atoms with Gasteiger partial charge < -0.3 is 10.1 Å². The van der Waals surface area contributed by atoms with Crippen LogP contribution in [0.2, 0.25) is 0 Å². The Kier molecular flexibility index (Phi) is 5.00. The third-order valence-corrected chi connectivity index (χ3v) is 5.13. The molecule has 6 heteroatoms. The molecule has 2 aliphatic rings. The molecule has 2 saturated heterocycles. The van der Waals surface area contributed by atoms with Gasteiger partial charge in [-0.1, -0.05) is 0 Å². The lowest BCUT2D eigenvalue weighted by Gasteiger charge is -2.32. The topological polar surface area (TPSA) is 58.6 Å². The first-order chi connectivity index (χ1) is 8.55. The molecule has 0 aromatic heterocycles. The molecule has 2 fully saturated rings. The minimum absolute atomic E-state index is 0.353. The van der Waals surface area contributed by atoms with Crippen molar-refractivity contribution in [1.29, 1.82) is 0 Å². The van der Waals surface area contributed by atoms with Crippen molar-refractivity contribution in [2.45, 2.75) is 44.2 Å². The molecule has 0 spiro atoms. The Morgan fingerprint density at radius 1 is 1.22 bits per heavy atom. The molecule has 0 saturated carbocycles. The third kappa shape index (κ3) is 4.19. The number of ether oxygens (including phenoxy) is 1. The molecule has 1 N–H and O–H groups in total. The van der Waals surface area contributed by atoms with E-state index in [1.165, 1.54) is 19.1 Å². The summed E-state index contributed by atoms with van der Waals surface area (Å²) in [7, 11) is -3.00. The summed E-state index contributed by atoms with van der Waals surface area (Å²) in [6.45, 7) is 3.08. The standard InChI is InChI=1S/C12H24N2O3S/c1-18(15,16)14-7-5-11(6-8-14)13-10-12-4-2-3-9-17-12/h11-13H,2-10H2,1H3. The third-order valence-electron chi connectivity index (χ3n) is 3.83. The number of nitrogens with zero attached hydrogens (tertiary/aromatic N) is 1. The maximum atomic E-state index is 11.4. The molecule has 1 atom stereocenters. The molecule has 0 aromatic carbocycles. The van der Waals surface area contributed by atoms with Crippen molar-refractivity contribution in [1.82, 2.24) is 9.62 Å². The Morgan fingerprint density at radius 2 is 1.94 bits per heavy atom. The van der Waals surface area contributed by atoms with E-state index >= 15 is 0 Å².